The molecule has 0 fully saturated rings. The van der Waals surface area contributed by atoms with E-state index in [2.05, 4.69) is 4.74 Å². The quantitative estimate of drug-likeness (QED) is 0.801. The molecule has 0 radical (unpaired) electrons. The molecule has 1 rings (SSSR count). The Balaban J connectivity index is 2.38. The summed E-state index contributed by atoms with van der Waals surface area (Å²) in [5.74, 6) is -2.33. The molecule has 8 heteroatoms. The highest BCUT2D eigenvalue weighted by Crippen LogP contribution is 2.05. The molecule has 2 N–H and O–H groups in total. The smallest absolute Gasteiger partial charge is 0.329 e. The van der Waals surface area contributed by atoms with Gasteiger partial charge in [0.1, 0.15) is 19.0 Å². The Hall–Kier alpha value is -2.48. The van der Waals surface area contributed by atoms with E-state index in [0.717, 1.165) is 0 Å². The minimum absolute atomic E-state index is 0.190. The number of urea groups is 1. The Labute approximate surface area is 120 Å². The molecule has 0 unspecified atom stereocenters. The fourth-order valence-electron chi connectivity index (χ4n) is 1.42. The molecule has 0 saturated heterocycles. The summed E-state index contributed by atoms with van der Waals surface area (Å²) in [5.41, 5.74) is 0.698. The van der Waals surface area contributed by atoms with E-state index in [1.807, 2.05) is 5.32 Å². The number of carbonyl (C=O) groups is 3. The third-order valence-electron chi connectivity index (χ3n) is 2.38. The van der Waals surface area contributed by atoms with Crippen molar-refractivity contribution in [1.29, 1.82) is 0 Å². The minimum atomic E-state index is -1.21. The molecule has 21 heavy (non-hydrogen) atoms. The highest BCUT2D eigenvalue weighted by Gasteiger charge is 2.13. The SMILES string of the molecule is CN(Cc1ccc(F)cc1)C(=O)NC(=O)COCC(=O)O. The van der Waals surface area contributed by atoms with Crippen molar-refractivity contribution in [2.45, 2.75) is 6.54 Å². The maximum atomic E-state index is 12.7. The predicted octanol–water partition coefficient (Wildman–Crippen LogP) is 0.595. The van der Waals surface area contributed by atoms with Gasteiger partial charge in [0.05, 0.1) is 0 Å². The van der Waals surface area contributed by atoms with E-state index in [0.29, 0.717) is 5.56 Å². The van der Waals surface area contributed by atoms with Gasteiger partial charge in [0.25, 0.3) is 5.91 Å². The van der Waals surface area contributed by atoms with Crippen molar-refractivity contribution in [3.8, 4) is 0 Å². The largest absolute Gasteiger partial charge is 0.480 e. The van der Waals surface area contributed by atoms with Gasteiger partial charge in [-0.3, -0.25) is 10.1 Å². The van der Waals surface area contributed by atoms with Crippen LogP contribution in [-0.4, -0.2) is 48.2 Å². The molecule has 0 bridgehead atoms. The summed E-state index contributed by atoms with van der Waals surface area (Å²) in [6.45, 7) is -0.954. The molecule has 3 amide bonds. The molecule has 1 aromatic rings. The Bertz CT molecular complexity index is 518. The zero-order valence-corrected chi connectivity index (χ0v) is 11.3. The maximum Gasteiger partial charge on any atom is 0.329 e. The number of hydrogen-bond donors (Lipinski definition) is 2. The van der Waals surface area contributed by atoms with E-state index in [-0.39, 0.29) is 12.4 Å². The molecular weight excluding hydrogens is 283 g/mol. The van der Waals surface area contributed by atoms with Gasteiger partial charge in [0, 0.05) is 13.6 Å². The van der Waals surface area contributed by atoms with Crippen molar-refractivity contribution >= 4 is 17.9 Å². The van der Waals surface area contributed by atoms with Crippen LogP contribution >= 0.6 is 0 Å². The summed E-state index contributed by atoms with van der Waals surface area (Å²) in [6, 6.07) is 4.93. The van der Waals surface area contributed by atoms with Gasteiger partial charge >= 0.3 is 12.0 Å². The number of halogens is 1. The maximum absolute atomic E-state index is 12.7. The number of imide groups is 1. The van der Waals surface area contributed by atoms with E-state index < -0.39 is 31.1 Å². The van der Waals surface area contributed by atoms with Crippen LogP contribution in [0, 0.1) is 5.82 Å². The van der Waals surface area contributed by atoms with Crippen LogP contribution in [0.4, 0.5) is 9.18 Å². The second kappa shape index (κ2) is 7.95. The summed E-state index contributed by atoms with van der Waals surface area (Å²) in [5, 5.41) is 10.4. The van der Waals surface area contributed by atoms with Gasteiger partial charge in [-0.05, 0) is 17.7 Å². The molecule has 7 nitrogen and oxygen atoms in total. The molecule has 0 saturated carbocycles. The first kappa shape index (κ1) is 16.6. The zero-order chi connectivity index (χ0) is 15.8. The Morgan fingerprint density at radius 2 is 1.86 bits per heavy atom. The van der Waals surface area contributed by atoms with Crippen molar-refractivity contribution in [2.24, 2.45) is 0 Å². The van der Waals surface area contributed by atoms with Gasteiger partial charge in [0.2, 0.25) is 0 Å². The molecular formula is C13H15FN2O5. The van der Waals surface area contributed by atoms with Crippen LogP contribution in [0.15, 0.2) is 24.3 Å². The summed E-state index contributed by atoms with van der Waals surface area (Å²) >= 11 is 0. The van der Waals surface area contributed by atoms with Crippen molar-refractivity contribution in [3.63, 3.8) is 0 Å². The summed E-state index contributed by atoms with van der Waals surface area (Å²) in [4.78, 5) is 34.4. The fraction of sp³-hybridized carbons (Fsp3) is 0.308. The Morgan fingerprint density at radius 1 is 1.24 bits per heavy atom. The molecule has 0 aliphatic heterocycles. The molecule has 0 aliphatic carbocycles. The van der Waals surface area contributed by atoms with Gasteiger partial charge in [-0.1, -0.05) is 12.1 Å². The van der Waals surface area contributed by atoms with Gasteiger partial charge in [0.15, 0.2) is 0 Å². The molecule has 1 aromatic carbocycles. The Morgan fingerprint density at radius 3 is 2.43 bits per heavy atom. The average Bonchev–Trinajstić information content (AvgIpc) is 2.40. The van der Waals surface area contributed by atoms with E-state index >= 15 is 0 Å². The predicted molar refractivity (Wildman–Crippen MR) is 69.9 cm³/mol. The number of rotatable bonds is 6. The van der Waals surface area contributed by atoms with Gasteiger partial charge in [-0.25, -0.2) is 14.0 Å². The number of aliphatic carboxylic acids is 1. The molecule has 0 spiro atoms. The number of carboxylic acid groups (broad SMARTS) is 1. The molecule has 114 valence electrons. The third kappa shape index (κ3) is 6.48. The molecule has 0 aliphatic rings. The first-order chi connectivity index (χ1) is 9.88. The lowest BCUT2D eigenvalue weighted by Crippen LogP contribution is -2.42. The van der Waals surface area contributed by atoms with Crippen LogP contribution in [0.25, 0.3) is 0 Å². The third-order valence-corrected chi connectivity index (χ3v) is 2.38. The standard InChI is InChI=1S/C13H15FN2O5/c1-16(6-9-2-4-10(14)5-3-9)13(20)15-11(17)7-21-8-12(18)19/h2-5H,6-8H2,1H3,(H,18,19)(H,15,17,20). The van der Waals surface area contributed by atoms with Crippen LogP contribution in [0.2, 0.25) is 0 Å². The number of nitrogens with one attached hydrogen (secondary N) is 1. The lowest BCUT2D eigenvalue weighted by atomic mass is 10.2. The van der Waals surface area contributed by atoms with E-state index in [1.165, 1.54) is 36.2 Å². The highest BCUT2D eigenvalue weighted by molar-refractivity contribution is 5.94. The average molecular weight is 298 g/mol. The van der Waals surface area contributed by atoms with Crippen molar-refractivity contribution in [3.05, 3.63) is 35.6 Å². The number of nitrogens with zero attached hydrogens (tertiary/aromatic N) is 1. The normalized spacial score (nSPS) is 10.0. The van der Waals surface area contributed by atoms with Crippen LogP contribution in [-0.2, 0) is 20.9 Å². The number of carboxylic acids is 1. The Kier molecular flexibility index (Phi) is 6.28. The van der Waals surface area contributed by atoms with Crippen LogP contribution < -0.4 is 5.32 Å². The van der Waals surface area contributed by atoms with Crippen LogP contribution in [0.5, 0.6) is 0 Å². The van der Waals surface area contributed by atoms with Crippen molar-refractivity contribution in [1.82, 2.24) is 10.2 Å². The second-order valence-corrected chi connectivity index (χ2v) is 4.22. The molecule has 0 aromatic heterocycles. The number of amides is 3. The fourth-order valence-corrected chi connectivity index (χ4v) is 1.42. The van der Waals surface area contributed by atoms with E-state index in [1.54, 1.807) is 0 Å². The molecule has 0 atom stereocenters. The topological polar surface area (TPSA) is 95.9 Å². The number of carbonyl (C=O) groups excluding carboxylic acids is 2. The summed E-state index contributed by atoms with van der Waals surface area (Å²) in [6.07, 6.45) is 0. The number of ether oxygens (including phenoxy) is 1. The van der Waals surface area contributed by atoms with Crippen molar-refractivity contribution in [2.75, 3.05) is 20.3 Å². The van der Waals surface area contributed by atoms with Crippen molar-refractivity contribution < 1.29 is 28.6 Å². The highest BCUT2D eigenvalue weighted by atomic mass is 19.1. The van der Waals surface area contributed by atoms with E-state index in [9.17, 15) is 18.8 Å². The van der Waals surface area contributed by atoms with Crippen LogP contribution in [0.3, 0.4) is 0 Å². The number of hydrogen-bond acceptors (Lipinski definition) is 4. The first-order valence-electron chi connectivity index (χ1n) is 5.97. The van der Waals surface area contributed by atoms with E-state index in [4.69, 9.17) is 5.11 Å². The molecule has 0 heterocycles. The van der Waals surface area contributed by atoms with Gasteiger partial charge in [-0.15, -0.1) is 0 Å². The minimum Gasteiger partial charge on any atom is -0.480 e. The second-order valence-electron chi connectivity index (χ2n) is 4.22. The lowest BCUT2D eigenvalue weighted by Gasteiger charge is -2.17. The lowest BCUT2D eigenvalue weighted by molar-refractivity contribution is -0.143. The number of benzene rings is 1. The van der Waals surface area contributed by atoms with Gasteiger partial charge in [-0.2, -0.15) is 0 Å². The zero-order valence-electron chi connectivity index (χ0n) is 11.3. The van der Waals surface area contributed by atoms with Crippen LogP contribution in [0.1, 0.15) is 5.56 Å². The monoisotopic (exact) mass is 298 g/mol. The first-order valence-corrected chi connectivity index (χ1v) is 5.97. The summed E-state index contributed by atoms with van der Waals surface area (Å²) < 4.78 is 17.3. The van der Waals surface area contributed by atoms with Gasteiger partial charge < -0.3 is 14.7 Å². The summed E-state index contributed by atoms with van der Waals surface area (Å²) in [7, 11) is 1.46.